The Bertz CT molecular complexity index is 1140. The molecule has 6 heteroatoms. The molecule has 0 aliphatic rings. The van der Waals surface area contributed by atoms with Crippen molar-refractivity contribution >= 4 is 33.3 Å². The third kappa shape index (κ3) is 3.78. The predicted octanol–water partition coefficient (Wildman–Crippen LogP) is 5.10. The molecule has 1 heterocycles. The lowest BCUT2D eigenvalue weighted by Crippen LogP contribution is -2.00. The van der Waals surface area contributed by atoms with Gasteiger partial charge < -0.3 is 14.5 Å². The van der Waals surface area contributed by atoms with Gasteiger partial charge in [-0.1, -0.05) is 29.8 Å². The summed E-state index contributed by atoms with van der Waals surface area (Å²) in [5.41, 5.74) is 1.94. The van der Waals surface area contributed by atoms with Crippen LogP contribution in [0.5, 0.6) is 11.5 Å². The van der Waals surface area contributed by atoms with Crippen LogP contribution in [0.4, 0.5) is 0 Å². The summed E-state index contributed by atoms with van der Waals surface area (Å²) < 4.78 is 10.5. The second kappa shape index (κ2) is 8.47. The van der Waals surface area contributed by atoms with Gasteiger partial charge in [-0.25, -0.2) is 0 Å². The molecule has 3 rings (SSSR count). The van der Waals surface area contributed by atoms with Crippen molar-refractivity contribution in [3.8, 4) is 17.6 Å². The van der Waals surface area contributed by atoms with Gasteiger partial charge in [0.25, 0.3) is 0 Å². The first-order chi connectivity index (χ1) is 13.6. The summed E-state index contributed by atoms with van der Waals surface area (Å²) in [6.07, 6.45) is 4.55. The molecule has 3 aromatic rings. The average Bonchev–Trinajstić information content (AvgIpc) is 3.17. The molecule has 5 nitrogen and oxygen atoms in total. The molecule has 0 fully saturated rings. The SMILES string of the molecule is COc1ccc(/C(Cl)=C/C=C(\C#N)C(=O)c2c[nH]c3ccccc23)cc1OC. The number of para-hydroxylation sites is 1. The summed E-state index contributed by atoms with van der Waals surface area (Å²) in [7, 11) is 3.08. The molecule has 0 aliphatic carbocycles. The van der Waals surface area contributed by atoms with Gasteiger partial charge in [0.15, 0.2) is 11.5 Å². The Morgan fingerprint density at radius 1 is 1.11 bits per heavy atom. The minimum absolute atomic E-state index is 0.0108. The molecule has 1 aromatic heterocycles. The van der Waals surface area contributed by atoms with Crippen molar-refractivity contribution in [2.45, 2.75) is 0 Å². The number of methoxy groups -OCH3 is 2. The van der Waals surface area contributed by atoms with Gasteiger partial charge >= 0.3 is 0 Å². The number of fused-ring (bicyclic) bond motifs is 1. The van der Waals surface area contributed by atoms with Gasteiger partial charge in [-0.15, -0.1) is 0 Å². The Morgan fingerprint density at radius 2 is 1.86 bits per heavy atom. The fourth-order valence-electron chi connectivity index (χ4n) is 2.81. The minimum atomic E-state index is -0.368. The topological polar surface area (TPSA) is 75.1 Å². The van der Waals surface area contributed by atoms with Crippen LogP contribution in [0.2, 0.25) is 0 Å². The van der Waals surface area contributed by atoms with E-state index in [-0.39, 0.29) is 11.4 Å². The van der Waals surface area contributed by atoms with E-state index in [1.807, 2.05) is 30.3 Å². The van der Waals surface area contributed by atoms with Crippen LogP contribution in [0.1, 0.15) is 15.9 Å². The maximum Gasteiger partial charge on any atom is 0.205 e. The Morgan fingerprint density at radius 3 is 2.57 bits per heavy atom. The van der Waals surface area contributed by atoms with Crippen molar-refractivity contribution < 1.29 is 14.3 Å². The Kier molecular flexibility index (Phi) is 5.83. The quantitative estimate of drug-likeness (QED) is 0.274. The smallest absolute Gasteiger partial charge is 0.205 e. The number of H-pyrrole nitrogens is 1. The highest BCUT2D eigenvalue weighted by Gasteiger charge is 2.16. The van der Waals surface area contributed by atoms with Crippen LogP contribution in [-0.4, -0.2) is 25.0 Å². The van der Waals surface area contributed by atoms with Crippen LogP contribution in [0.3, 0.4) is 0 Å². The van der Waals surface area contributed by atoms with Crippen LogP contribution in [0.25, 0.3) is 15.9 Å². The number of hydrogen-bond donors (Lipinski definition) is 1. The van der Waals surface area contributed by atoms with Gasteiger partial charge in [-0.3, -0.25) is 4.79 Å². The predicted molar refractivity (Wildman–Crippen MR) is 110 cm³/mol. The number of carbonyl (C=O) groups is 1. The zero-order valence-electron chi connectivity index (χ0n) is 15.3. The van der Waals surface area contributed by atoms with Crippen molar-refractivity contribution in [2.75, 3.05) is 14.2 Å². The number of halogens is 1. The second-order valence-electron chi connectivity index (χ2n) is 5.85. The number of aromatic amines is 1. The van der Waals surface area contributed by atoms with E-state index in [0.717, 1.165) is 10.9 Å². The Hall–Kier alpha value is -3.49. The van der Waals surface area contributed by atoms with Crippen molar-refractivity contribution in [1.29, 1.82) is 5.26 Å². The van der Waals surface area contributed by atoms with Gasteiger partial charge in [0.1, 0.15) is 11.6 Å². The number of nitrogens with zero attached hydrogens (tertiary/aromatic N) is 1. The number of allylic oxidation sites excluding steroid dienone is 3. The van der Waals surface area contributed by atoms with Crippen LogP contribution in [0.15, 0.2) is 66.4 Å². The number of carbonyl (C=O) groups excluding carboxylic acids is 1. The summed E-state index contributed by atoms with van der Waals surface area (Å²) in [4.78, 5) is 15.8. The van der Waals surface area contributed by atoms with Crippen LogP contribution >= 0.6 is 11.6 Å². The van der Waals surface area contributed by atoms with Gasteiger partial charge in [0, 0.05) is 27.7 Å². The van der Waals surface area contributed by atoms with Gasteiger partial charge in [0.2, 0.25) is 5.78 Å². The molecular formula is C22H17ClN2O3. The molecular weight excluding hydrogens is 376 g/mol. The van der Waals surface area contributed by atoms with E-state index in [0.29, 0.717) is 27.7 Å². The summed E-state index contributed by atoms with van der Waals surface area (Å²) in [5, 5.41) is 10.6. The van der Waals surface area contributed by atoms with Gasteiger partial charge in [0.05, 0.1) is 14.2 Å². The molecule has 0 radical (unpaired) electrons. The molecule has 0 unspecified atom stereocenters. The van der Waals surface area contributed by atoms with E-state index in [1.54, 1.807) is 31.5 Å². The lowest BCUT2D eigenvalue weighted by molar-refractivity contribution is 0.104. The highest BCUT2D eigenvalue weighted by molar-refractivity contribution is 6.49. The van der Waals surface area contributed by atoms with E-state index in [2.05, 4.69) is 4.98 Å². The van der Waals surface area contributed by atoms with E-state index in [1.165, 1.54) is 19.3 Å². The van der Waals surface area contributed by atoms with Crippen LogP contribution in [0, 0.1) is 11.3 Å². The third-order valence-electron chi connectivity index (χ3n) is 4.25. The van der Waals surface area contributed by atoms with E-state index in [4.69, 9.17) is 21.1 Å². The molecule has 1 N–H and O–H groups in total. The van der Waals surface area contributed by atoms with Crippen LogP contribution in [-0.2, 0) is 0 Å². The van der Waals surface area contributed by atoms with E-state index in [9.17, 15) is 10.1 Å². The fourth-order valence-corrected chi connectivity index (χ4v) is 2.99. The monoisotopic (exact) mass is 392 g/mol. The summed E-state index contributed by atoms with van der Waals surface area (Å²) in [5.74, 6) is 0.748. The maximum atomic E-state index is 12.8. The van der Waals surface area contributed by atoms with E-state index < -0.39 is 0 Å². The molecule has 0 spiro atoms. The number of rotatable bonds is 6. The molecule has 0 saturated carbocycles. The number of benzene rings is 2. The minimum Gasteiger partial charge on any atom is -0.493 e. The van der Waals surface area contributed by atoms with Gasteiger partial charge in [-0.05, 0) is 42.0 Å². The van der Waals surface area contributed by atoms with Crippen molar-refractivity contribution in [2.24, 2.45) is 0 Å². The molecule has 0 bridgehead atoms. The summed E-state index contributed by atoms with van der Waals surface area (Å²) >= 11 is 6.35. The van der Waals surface area contributed by atoms with Crippen molar-refractivity contribution in [1.82, 2.24) is 4.98 Å². The normalized spacial score (nSPS) is 11.9. The first-order valence-electron chi connectivity index (χ1n) is 8.39. The molecule has 2 aromatic carbocycles. The zero-order valence-corrected chi connectivity index (χ0v) is 16.1. The fraction of sp³-hybridized carbons (Fsp3) is 0.0909. The lowest BCUT2D eigenvalue weighted by Gasteiger charge is -2.08. The first kappa shape index (κ1) is 19.3. The summed E-state index contributed by atoms with van der Waals surface area (Å²) in [6, 6.07) is 14.6. The number of ketones is 1. The van der Waals surface area contributed by atoms with Crippen LogP contribution < -0.4 is 9.47 Å². The first-order valence-corrected chi connectivity index (χ1v) is 8.77. The molecule has 28 heavy (non-hydrogen) atoms. The molecule has 0 saturated heterocycles. The van der Waals surface area contributed by atoms with Gasteiger partial charge in [-0.2, -0.15) is 5.26 Å². The molecule has 0 amide bonds. The molecule has 0 aliphatic heterocycles. The third-order valence-corrected chi connectivity index (χ3v) is 4.60. The zero-order chi connectivity index (χ0) is 20.1. The van der Waals surface area contributed by atoms with Crippen molar-refractivity contribution in [3.63, 3.8) is 0 Å². The average molecular weight is 393 g/mol. The highest BCUT2D eigenvalue weighted by atomic mass is 35.5. The van der Waals surface area contributed by atoms with E-state index >= 15 is 0 Å². The number of nitriles is 1. The Labute approximate surface area is 167 Å². The Balaban J connectivity index is 1.92. The van der Waals surface area contributed by atoms with Crippen molar-refractivity contribution in [3.05, 3.63) is 77.5 Å². The molecule has 140 valence electrons. The standard InChI is InChI=1S/C22H17ClN2O3/c1-27-20-10-8-14(11-21(20)28-2)18(23)9-7-15(12-24)22(26)17-13-25-19-6-4-3-5-16(17)19/h3-11,13,25H,1-2H3/b15-7+,18-9-. The lowest BCUT2D eigenvalue weighted by atomic mass is 10.0. The maximum absolute atomic E-state index is 12.8. The summed E-state index contributed by atoms with van der Waals surface area (Å²) in [6.45, 7) is 0. The number of aromatic nitrogens is 1. The largest absolute Gasteiger partial charge is 0.493 e. The number of hydrogen-bond acceptors (Lipinski definition) is 4. The molecule has 0 atom stereocenters. The number of Topliss-reactive ketones (excluding diaryl/α,β-unsaturated/α-hetero) is 1. The second-order valence-corrected chi connectivity index (χ2v) is 6.26. The highest BCUT2D eigenvalue weighted by Crippen LogP contribution is 2.31. The number of nitrogens with one attached hydrogen (secondary N) is 1. The number of ether oxygens (including phenoxy) is 2.